The number of methoxy groups -OCH3 is 1. The minimum Gasteiger partial charge on any atom is -0.493 e. The molecular weight excluding hydrogens is 296 g/mol. The third-order valence-electron chi connectivity index (χ3n) is 4.35. The fourth-order valence-electron chi connectivity index (χ4n) is 2.97. The standard InChI is InChI=1S/C17H18N2O4/c1-21-16-7-15-14-3-2-13(23-10-11-8-22-9-11)6-12(14)4-5-19(15)17(20)18-16/h2-3,6-7,11H,4-5,8-10H2,1H3. The van der Waals surface area contributed by atoms with Crippen LogP contribution >= 0.6 is 0 Å². The van der Waals surface area contributed by atoms with E-state index in [1.807, 2.05) is 18.2 Å². The Bertz CT molecular complexity index is 796. The number of hydrogen-bond donors (Lipinski definition) is 0. The van der Waals surface area contributed by atoms with Crippen LogP contribution in [0.2, 0.25) is 0 Å². The highest BCUT2D eigenvalue weighted by atomic mass is 16.5. The molecule has 0 spiro atoms. The largest absolute Gasteiger partial charge is 0.493 e. The van der Waals surface area contributed by atoms with E-state index in [9.17, 15) is 4.79 Å². The highest BCUT2D eigenvalue weighted by molar-refractivity contribution is 5.67. The average Bonchev–Trinajstić information content (AvgIpc) is 2.52. The monoisotopic (exact) mass is 314 g/mol. The van der Waals surface area contributed by atoms with Gasteiger partial charge in [0.05, 0.1) is 32.6 Å². The van der Waals surface area contributed by atoms with Crippen LogP contribution in [-0.4, -0.2) is 36.5 Å². The number of nitrogens with zero attached hydrogens (tertiary/aromatic N) is 2. The molecule has 0 atom stereocenters. The molecule has 2 aromatic rings. The lowest BCUT2D eigenvalue weighted by Gasteiger charge is -2.26. The molecule has 0 unspecified atom stereocenters. The van der Waals surface area contributed by atoms with Gasteiger partial charge in [-0.25, -0.2) is 4.79 Å². The van der Waals surface area contributed by atoms with E-state index in [-0.39, 0.29) is 5.69 Å². The van der Waals surface area contributed by atoms with Gasteiger partial charge in [-0.15, -0.1) is 0 Å². The zero-order valence-corrected chi connectivity index (χ0v) is 12.9. The second-order valence-electron chi connectivity index (χ2n) is 5.90. The van der Waals surface area contributed by atoms with Crippen LogP contribution in [0.15, 0.2) is 29.1 Å². The molecule has 2 aliphatic heterocycles. The molecule has 3 heterocycles. The first kappa shape index (κ1) is 14.3. The summed E-state index contributed by atoms with van der Waals surface area (Å²) in [6, 6.07) is 7.83. The normalized spacial score (nSPS) is 16.2. The lowest BCUT2D eigenvalue weighted by Crippen LogP contribution is -2.32. The summed E-state index contributed by atoms with van der Waals surface area (Å²) < 4.78 is 17.8. The van der Waals surface area contributed by atoms with E-state index < -0.39 is 0 Å². The molecule has 120 valence electrons. The van der Waals surface area contributed by atoms with Crippen molar-refractivity contribution in [2.75, 3.05) is 26.9 Å². The van der Waals surface area contributed by atoms with Crippen molar-refractivity contribution in [1.29, 1.82) is 0 Å². The van der Waals surface area contributed by atoms with Crippen LogP contribution in [0.4, 0.5) is 0 Å². The van der Waals surface area contributed by atoms with Crippen LogP contribution < -0.4 is 15.2 Å². The van der Waals surface area contributed by atoms with Crippen molar-refractivity contribution in [1.82, 2.24) is 9.55 Å². The molecule has 1 fully saturated rings. The third-order valence-corrected chi connectivity index (χ3v) is 4.35. The molecular formula is C17H18N2O4. The number of fused-ring (bicyclic) bond motifs is 3. The first-order valence-corrected chi connectivity index (χ1v) is 7.74. The van der Waals surface area contributed by atoms with Gasteiger partial charge >= 0.3 is 5.69 Å². The molecule has 0 amide bonds. The topological polar surface area (TPSA) is 62.6 Å². The van der Waals surface area contributed by atoms with Crippen molar-refractivity contribution in [2.24, 2.45) is 5.92 Å². The van der Waals surface area contributed by atoms with Crippen molar-refractivity contribution in [3.8, 4) is 22.9 Å². The Morgan fingerprint density at radius 3 is 2.96 bits per heavy atom. The van der Waals surface area contributed by atoms with E-state index in [1.165, 1.54) is 12.7 Å². The van der Waals surface area contributed by atoms with Crippen LogP contribution in [0.25, 0.3) is 11.3 Å². The SMILES string of the molecule is COc1cc2n(c(=O)n1)CCc1cc(OCC3COC3)ccc1-2. The minimum atomic E-state index is -0.268. The highest BCUT2D eigenvalue weighted by Gasteiger charge is 2.21. The average molecular weight is 314 g/mol. The van der Waals surface area contributed by atoms with Crippen molar-refractivity contribution in [3.63, 3.8) is 0 Å². The van der Waals surface area contributed by atoms with Gasteiger partial charge in [0.15, 0.2) is 0 Å². The Labute approximate surface area is 133 Å². The zero-order valence-electron chi connectivity index (χ0n) is 12.9. The first-order valence-electron chi connectivity index (χ1n) is 7.74. The van der Waals surface area contributed by atoms with Gasteiger partial charge in [0.25, 0.3) is 0 Å². The summed E-state index contributed by atoms with van der Waals surface area (Å²) >= 11 is 0. The quantitative estimate of drug-likeness (QED) is 0.856. The van der Waals surface area contributed by atoms with E-state index >= 15 is 0 Å². The van der Waals surface area contributed by atoms with E-state index in [4.69, 9.17) is 14.2 Å². The Morgan fingerprint density at radius 1 is 1.35 bits per heavy atom. The van der Waals surface area contributed by atoms with Gasteiger partial charge in [0.2, 0.25) is 5.88 Å². The fraction of sp³-hybridized carbons (Fsp3) is 0.412. The molecule has 0 radical (unpaired) electrons. The Morgan fingerprint density at radius 2 is 2.22 bits per heavy atom. The molecule has 1 aromatic heterocycles. The second-order valence-corrected chi connectivity index (χ2v) is 5.90. The summed E-state index contributed by atoms with van der Waals surface area (Å²) in [7, 11) is 1.52. The van der Waals surface area contributed by atoms with E-state index in [1.54, 1.807) is 4.57 Å². The Kier molecular flexibility index (Phi) is 3.53. The molecule has 23 heavy (non-hydrogen) atoms. The van der Waals surface area contributed by atoms with Crippen LogP contribution in [-0.2, 0) is 17.7 Å². The van der Waals surface area contributed by atoms with E-state index in [2.05, 4.69) is 11.1 Å². The lowest BCUT2D eigenvalue weighted by molar-refractivity contribution is -0.0508. The Balaban J connectivity index is 1.65. The second kappa shape index (κ2) is 5.70. The van der Waals surface area contributed by atoms with Crippen LogP contribution in [0.3, 0.4) is 0 Å². The molecule has 0 aliphatic carbocycles. The molecule has 6 nitrogen and oxygen atoms in total. The molecule has 1 aromatic carbocycles. The molecule has 2 aliphatic rings. The third kappa shape index (κ3) is 2.59. The van der Waals surface area contributed by atoms with Crippen molar-refractivity contribution < 1.29 is 14.2 Å². The summed E-state index contributed by atoms with van der Waals surface area (Å²) in [4.78, 5) is 16.0. The molecule has 0 bridgehead atoms. The number of rotatable bonds is 4. The van der Waals surface area contributed by atoms with Crippen LogP contribution in [0, 0.1) is 5.92 Å². The lowest BCUT2D eigenvalue weighted by atomic mass is 9.97. The smallest absolute Gasteiger partial charge is 0.351 e. The van der Waals surface area contributed by atoms with Gasteiger partial charge in [-0.1, -0.05) is 0 Å². The van der Waals surface area contributed by atoms with Crippen LogP contribution in [0.1, 0.15) is 5.56 Å². The van der Waals surface area contributed by atoms with E-state index in [0.717, 1.165) is 36.6 Å². The molecule has 6 heteroatoms. The molecule has 4 rings (SSSR count). The van der Waals surface area contributed by atoms with Gasteiger partial charge in [-0.2, -0.15) is 4.98 Å². The van der Waals surface area contributed by atoms with Crippen molar-refractivity contribution >= 4 is 0 Å². The maximum Gasteiger partial charge on any atom is 0.351 e. The summed E-state index contributed by atoms with van der Waals surface area (Å²) in [5.41, 5.74) is 2.80. The minimum absolute atomic E-state index is 0.268. The summed E-state index contributed by atoms with van der Waals surface area (Å²) in [5, 5.41) is 0. The van der Waals surface area contributed by atoms with Gasteiger partial charge < -0.3 is 14.2 Å². The summed E-state index contributed by atoms with van der Waals surface area (Å²) in [6.07, 6.45) is 0.792. The first-order chi connectivity index (χ1) is 11.2. The Hall–Kier alpha value is -2.34. The predicted molar refractivity (Wildman–Crippen MR) is 84.0 cm³/mol. The molecule has 0 N–H and O–H groups in total. The van der Waals surface area contributed by atoms with Gasteiger partial charge in [-0.05, 0) is 30.2 Å². The number of hydrogen-bond acceptors (Lipinski definition) is 5. The molecule has 1 saturated heterocycles. The van der Waals surface area contributed by atoms with E-state index in [0.29, 0.717) is 24.9 Å². The van der Waals surface area contributed by atoms with Gasteiger partial charge in [0, 0.05) is 24.1 Å². The van der Waals surface area contributed by atoms with Gasteiger partial charge in [0.1, 0.15) is 5.75 Å². The molecule has 0 saturated carbocycles. The summed E-state index contributed by atoms with van der Waals surface area (Å²) in [6.45, 7) is 2.88. The van der Waals surface area contributed by atoms with Crippen molar-refractivity contribution in [2.45, 2.75) is 13.0 Å². The van der Waals surface area contributed by atoms with Crippen LogP contribution in [0.5, 0.6) is 11.6 Å². The zero-order chi connectivity index (χ0) is 15.8. The number of aryl methyl sites for hydroxylation is 1. The number of ether oxygens (including phenoxy) is 3. The van der Waals surface area contributed by atoms with Gasteiger partial charge in [-0.3, -0.25) is 4.57 Å². The fourth-order valence-corrected chi connectivity index (χ4v) is 2.97. The maximum absolute atomic E-state index is 12.1. The maximum atomic E-state index is 12.1. The number of benzene rings is 1. The number of aromatic nitrogens is 2. The highest BCUT2D eigenvalue weighted by Crippen LogP contribution is 2.32. The predicted octanol–water partition coefficient (Wildman–Crippen LogP) is 1.50. The van der Waals surface area contributed by atoms with Crippen molar-refractivity contribution in [3.05, 3.63) is 40.3 Å². The summed E-state index contributed by atoms with van der Waals surface area (Å²) in [5.74, 6) is 1.72.